The van der Waals surface area contributed by atoms with Gasteiger partial charge in [-0.25, -0.2) is 0 Å². The van der Waals surface area contributed by atoms with Gasteiger partial charge in [-0.2, -0.15) is 5.26 Å². The van der Waals surface area contributed by atoms with E-state index in [-0.39, 0.29) is 6.10 Å². The largest absolute Gasteiger partial charge is 0.388 e. The highest BCUT2D eigenvalue weighted by atomic mass is 16.5. The zero-order valence-corrected chi connectivity index (χ0v) is 12.1. The van der Waals surface area contributed by atoms with E-state index in [1.165, 1.54) is 6.42 Å². The highest BCUT2D eigenvalue weighted by Gasteiger charge is 2.63. The molecule has 1 aliphatic heterocycles. The van der Waals surface area contributed by atoms with Crippen molar-refractivity contribution in [2.45, 2.75) is 64.1 Å². The Labute approximate surface area is 115 Å². The molecule has 1 heterocycles. The van der Waals surface area contributed by atoms with Crippen molar-refractivity contribution < 1.29 is 9.84 Å². The lowest BCUT2D eigenvalue weighted by Crippen LogP contribution is -2.56. The molecule has 0 radical (unpaired) electrons. The van der Waals surface area contributed by atoms with Crippen molar-refractivity contribution in [3.63, 3.8) is 0 Å². The molecule has 0 aromatic carbocycles. The Morgan fingerprint density at radius 1 is 1.32 bits per heavy atom. The third-order valence-electron chi connectivity index (χ3n) is 6.01. The molecule has 5 unspecified atom stereocenters. The van der Waals surface area contributed by atoms with E-state index in [4.69, 9.17) is 4.74 Å². The lowest BCUT2D eigenvalue weighted by atomic mass is 9.59. The summed E-state index contributed by atoms with van der Waals surface area (Å²) in [5.74, 6) is 1.49. The lowest BCUT2D eigenvalue weighted by molar-refractivity contribution is -0.173. The van der Waals surface area contributed by atoms with Gasteiger partial charge in [0.05, 0.1) is 23.2 Å². The molecule has 0 aromatic rings. The summed E-state index contributed by atoms with van der Waals surface area (Å²) in [6, 6.07) is 2.57. The van der Waals surface area contributed by atoms with Gasteiger partial charge in [0.15, 0.2) is 0 Å². The molecular weight excluding hydrogens is 238 g/mol. The molecule has 0 aromatic heterocycles. The zero-order chi connectivity index (χ0) is 13.7. The summed E-state index contributed by atoms with van der Waals surface area (Å²) in [7, 11) is 0. The number of nitriles is 1. The Bertz CT molecular complexity index is 402. The molecule has 19 heavy (non-hydrogen) atoms. The summed E-state index contributed by atoms with van der Waals surface area (Å²) in [5, 5.41) is 21.1. The minimum Gasteiger partial charge on any atom is -0.388 e. The molecule has 3 heteroatoms. The molecule has 3 rings (SSSR count). The van der Waals surface area contributed by atoms with E-state index < -0.39 is 11.0 Å². The zero-order valence-electron chi connectivity index (χ0n) is 12.1. The van der Waals surface area contributed by atoms with E-state index in [2.05, 4.69) is 19.9 Å². The molecule has 5 atom stereocenters. The van der Waals surface area contributed by atoms with Crippen LogP contribution in [0.25, 0.3) is 0 Å². The van der Waals surface area contributed by atoms with Crippen LogP contribution in [0, 0.1) is 34.5 Å². The second-order valence-corrected chi connectivity index (χ2v) is 7.30. The van der Waals surface area contributed by atoms with Crippen molar-refractivity contribution in [1.82, 2.24) is 0 Å². The Balaban J connectivity index is 1.88. The molecule has 1 saturated heterocycles. The van der Waals surface area contributed by atoms with Crippen LogP contribution in [0.15, 0.2) is 0 Å². The summed E-state index contributed by atoms with van der Waals surface area (Å²) in [4.78, 5) is 0. The van der Waals surface area contributed by atoms with Crippen LogP contribution in [-0.2, 0) is 4.74 Å². The highest BCUT2D eigenvalue weighted by Crippen LogP contribution is 2.62. The van der Waals surface area contributed by atoms with Gasteiger partial charge in [-0.05, 0) is 37.0 Å². The molecule has 1 N–H and O–H groups in total. The van der Waals surface area contributed by atoms with Crippen LogP contribution in [0.2, 0.25) is 0 Å². The van der Waals surface area contributed by atoms with E-state index >= 15 is 0 Å². The monoisotopic (exact) mass is 263 g/mol. The van der Waals surface area contributed by atoms with Gasteiger partial charge in [0, 0.05) is 19.4 Å². The maximum absolute atomic E-state index is 11.3. The second-order valence-electron chi connectivity index (χ2n) is 7.30. The number of fused-ring (bicyclic) bond motifs is 2. The van der Waals surface area contributed by atoms with Gasteiger partial charge in [0.1, 0.15) is 0 Å². The van der Waals surface area contributed by atoms with Crippen molar-refractivity contribution >= 4 is 0 Å². The van der Waals surface area contributed by atoms with Crippen LogP contribution in [0.1, 0.15) is 52.4 Å². The fraction of sp³-hybridized carbons (Fsp3) is 0.938. The quantitative estimate of drug-likeness (QED) is 0.833. The lowest BCUT2D eigenvalue weighted by Gasteiger charge is -2.49. The van der Waals surface area contributed by atoms with Crippen molar-refractivity contribution in [3.8, 4) is 6.07 Å². The normalized spacial score (nSPS) is 49.5. The fourth-order valence-electron chi connectivity index (χ4n) is 4.85. The molecule has 3 nitrogen and oxygen atoms in total. The highest BCUT2D eigenvalue weighted by molar-refractivity contribution is 5.21. The van der Waals surface area contributed by atoms with Crippen LogP contribution in [-0.4, -0.2) is 23.4 Å². The fourth-order valence-corrected chi connectivity index (χ4v) is 4.85. The van der Waals surface area contributed by atoms with Crippen LogP contribution in [0.5, 0.6) is 0 Å². The van der Waals surface area contributed by atoms with Crippen LogP contribution in [0.4, 0.5) is 0 Å². The first-order chi connectivity index (χ1) is 9.01. The first-order valence-corrected chi connectivity index (χ1v) is 7.76. The summed E-state index contributed by atoms with van der Waals surface area (Å²) >= 11 is 0. The van der Waals surface area contributed by atoms with Crippen molar-refractivity contribution in [2.24, 2.45) is 23.2 Å². The van der Waals surface area contributed by atoms with E-state index in [0.29, 0.717) is 37.2 Å². The Kier molecular flexibility index (Phi) is 3.15. The molecule has 2 bridgehead atoms. The van der Waals surface area contributed by atoms with Gasteiger partial charge in [-0.3, -0.25) is 0 Å². The first-order valence-electron chi connectivity index (χ1n) is 7.76. The number of aliphatic hydroxyl groups is 1. The minimum atomic E-state index is -0.825. The molecular formula is C16H25NO2. The van der Waals surface area contributed by atoms with Crippen LogP contribution >= 0.6 is 0 Å². The van der Waals surface area contributed by atoms with Crippen molar-refractivity contribution in [3.05, 3.63) is 0 Å². The maximum Gasteiger partial charge on any atom is 0.0892 e. The molecule has 3 fully saturated rings. The van der Waals surface area contributed by atoms with Crippen molar-refractivity contribution in [1.29, 1.82) is 5.26 Å². The van der Waals surface area contributed by atoms with E-state index in [1.807, 2.05) is 0 Å². The molecule has 2 saturated carbocycles. The van der Waals surface area contributed by atoms with E-state index in [1.54, 1.807) is 0 Å². The van der Waals surface area contributed by atoms with Gasteiger partial charge in [-0.15, -0.1) is 0 Å². The Morgan fingerprint density at radius 2 is 2.11 bits per heavy atom. The summed E-state index contributed by atoms with van der Waals surface area (Å²) in [6.45, 7) is 4.87. The minimum absolute atomic E-state index is 0.100. The third kappa shape index (κ3) is 1.84. The van der Waals surface area contributed by atoms with Gasteiger partial charge >= 0.3 is 0 Å². The third-order valence-corrected chi connectivity index (χ3v) is 6.01. The number of ether oxygens (including phenoxy) is 1. The topological polar surface area (TPSA) is 53.2 Å². The molecule has 3 aliphatic rings. The Morgan fingerprint density at radius 3 is 2.63 bits per heavy atom. The average Bonchev–Trinajstić information content (AvgIpc) is 2.99. The molecule has 106 valence electrons. The van der Waals surface area contributed by atoms with E-state index in [9.17, 15) is 10.4 Å². The van der Waals surface area contributed by atoms with Crippen LogP contribution < -0.4 is 0 Å². The Hall–Kier alpha value is -0.590. The summed E-state index contributed by atoms with van der Waals surface area (Å²) in [5.41, 5.74) is -1.32. The molecule has 0 amide bonds. The second kappa shape index (κ2) is 4.46. The van der Waals surface area contributed by atoms with Gasteiger partial charge in [0.25, 0.3) is 0 Å². The number of nitrogens with zero attached hydrogens (tertiary/aromatic N) is 1. The van der Waals surface area contributed by atoms with Gasteiger partial charge in [-0.1, -0.05) is 20.3 Å². The summed E-state index contributed by atoms with van der Waals surface area (Å²) in [6.07, 6.45) is 5.83. The predicted octanol–water partition coefficient (Wildman–Crippen LogP) is 2.88. The van der Waals surface area contributed by atoms with Crippen molar-refractivity contribution in [2.75, 3.05) is 6.61 Å². The molecule has 2 aliphatic carbocycles. The van der Waals surface area contributed by atoms with Gasteiger partial charge in [0.2, 0.25) is 0 Å². The molecule has 0 spiro atoms. The maximum atomic E-state index is 11.3. The van der Waals surface area contributed by atoms with Gasteiger partial charge < -0.3 is 9.84 Å². The number of hydrogen-bond acceptors (Lipinski definition) is 3. The standard InChI is InChI=1S/C16H25NO2/c1-11(2)14-9-16(18,5-6-19-14)15(10-17)8-12-3-4-13(15)7-12/h11-14,18H,3-9H2,1-2H3. The van der Waals surface area contributed by atoms with Crippen LogP contribution in [0.3, 0.4) is 0 Å². The SMILES string of the molecule is CC(C)C1CC(O)(C2(C#N)CC3CCC2C3)CCO1. The number of hydrogen-bond donors (Lipinski definition) is 1. The summed E-state index contributed by atoms with van der Waals surface area (Å²) < 4.78 is 5.79. The van der Waals surface area contributed by atoms with E-state index in [0.717, 1.165) is 19.3 Å². The predicted molar refractivity (Wildman–Crippen MR) is 72.3 cm³/mol. The average molecular weight is 263 g/mol. The number of rotatable bonds is 2. The smallest absolute Gasteiger partial charge is 0.0892 e. The first kappa shape index (κ1) is 13.4.